The SMILES string of the molecule is CC(C)c1nc(SCC(=O)N2CCN(Cc3c(F)cccc3Cl)CC2)n[nH]1. The van der Waals surface area contributed by atoms with E-state index in [2.05, 4.69) is 20.1 Å². The third-order valence-corrected chi connectivity index (χ3v) is 5.71. The van der Waals surface area contributed by atoms with Crippen LogP contribution in [0.5, 0.6) is 0 Å². The van der Waals surface area contributed by atoms with Crippen LogP contribution in [0, 0.1) is 5.82 Å². The average Bonchev–Trinajstić information content (AvgIpc) is 3.13. The maximum atomic E-state index is 13.9. The maximum absolute atomic E-state index is 13.9. The molecule has 6 nitrogen and oxygen atoms in total. The van der Waals surface area contributed by atoms with Gasteiger partial charge in [0.2, 0.25) is 11.1 Å². The van der Waals surface area contributed by atoms with Crippen molar-refractivity contribution in [3.63, 3.8) is 0 Å². The molecule has 0 saturated carbocycles. The minimum absolute atomic E-state index is 0.0690. The maximum Gasteiger partial charge on any atom is 0.233 e. The Morgan fingerprint density at radius 2 is 2.07 bits per heavy atom. The van der Waals surface area contributed by atoms with Gasteiger partial charge in [-0.1, -0.05) is 43.3 Å². The first kappa shape index (κ1) is 20.1. The zero-order valence-electron chi connectivity index (χ0n) is 15.4. The molecule has 2 heterocycles. The van der Waals surface area contributed by atoms with Crippen LogP contribution in [0.2, 0.25) is 5.02 Å². The summed E-state index contributed by atoms with van der Waals surface area (Å²) in [6.45, 7) is 7.16. The van der Waals surface area contributed by atoms with Gasteiger partial charge in [-0.05, 0) is 12.1 Å². The largest absolute Gasteiger partial charge is 0.339 e. The van der Waals surface area contributed by atoms with Crippen molar-refractivity contribution in [1.29, 1.82) is 0 Å². The predicted molar refractivity (Wildman–Crippen MR) is 104 cm³/mol. The Morgan fingerprint density at radius 3 is 2.70 bits per heavy atom. The van der Waals surface area contributed by atoms with Crippen LogP contribution in [0.15, 0.2) is 23.4 Å². The summed E-state index contributed by atoms with van der Waals surface area (Å²) in [7, 11) is 0. The van der Waals surface area contributed by atoms with Crippen molar-refractivity contribution in [2.75, 3.05) is 31.9 Å². The van der Waals surface area contributed by atoms with Crippen molar-refractivity contribution >= 4 is 29.3 Å². The Balaban J connectivity index is 1.46. The normalized spacial score (nSPS) is 15.5. The standard InChI is InChI=1S/C18H23ClFN5OS/c1-12(2)17-21-18(23-22-17)27-11-16(26)25-8-6-24(7-9-25)10-13-14(19)4-3-5-15(13)20/h3-5,12H,6-11H2,1-2H3,(H,21,22,23). The highest BCUT2D eigenvalue weighted by molar-refractivity contribution is 7.99. The molecule has 1 aromatic carbocycles. The summed E-state index contributed by atoms with van der Waals surface area (Å²) in [5.41, 5.74) is 0.514. The number of carbonyl (C=O) groups excluding carboxylic acids is 1. The van der Waals surface area contributed by atoms with E-state index < -0.39 is 0 Å². The number of H-pyrrole nitrogens is 1. The number of hydrogen-bond donors (Lipinski definition) is 1. The minimum atomic E-state index is -0.287. The topological polar surface area (TPSA) is 65.1 Å². The molecule has 9 heteroatoms. The molecule has 1 fully saturated rings. The molecule has 2 aromatic rings. The lowest BCUT2D eigenvalue weighted by atomic mass is 10.2. The molecule has 146 valence electrons. The second-order valence-corrected chi connectivity index (χ2v) is 8.15. The van der Waals surface area contributed by atoms with Gasteiger partial charge in [-0.25, -0.2) is 9.37 Å². The number of benzene rings is 1. The molecule has 0 atom stereocenters. The van der Waals surface area contributed by atoms with Gasteiger partial charge >= 0.3 is 0 Å². The summed E-state index contributed by atoms with van der Waals surface area (Å²) >= 11 is 7.44. The number of aromatic nitrogens is 3. The first-order chi connectivity index (χ1) is 12.9. The lowest BCUT2D eigenvalue weighted by Crippen LogP contribution is -2.48. The smallest absolute Gasteiger partial charge is 0.233 e. The number of amides is 1. The highest BCUT2D eigenvalue weighted by atomic mass is 35.5. The highest BCUT2D eigenvalue weighted by Crippen LogP contribution is 2.22. The number of halogens is 2. The quantitative estimate of drug-likeness (QED) is 0.739. The molecule has 1 aliphatic rings. The zero-order chi connectivity index (χ0) is 19.4. The van der Waals surface area contributed by atoms with Gasteiger partial charge in [0.1, 0.15) is 11.6 Å². The molecule has 0 radical (unpaired) electrons. The summed E-state index contributed by atoms with van der Waals surface area (Å²) in [4.78, 5) is 20.7. The monoisotopic (exact) mass is 411 g/mol. The number of carbonyl (C=O) groups is 1. The molecule has 0 bridgehead atoms. The number of nitrogens with zero attached hydrogens (tertiary/aromatic N) is 4. The van der Waals surface area contributed by atoms with Gasteiger partial charge in [0.05, 0.1) is 5.75 Å². The molecule has 27 heavy (non-hydrogen) atoms. The van der Waals surface area contributed by atoms with Crippen molar-refractivity contribution in [3.8, 4) is 0 Å². The van der Waals surface area contributed by atoms with E-state index in [-0.39, 0.29) is 17.6 Å². The van der Waals surface area contributed by atoms with Gasteiger partial charge in [-0.3, -0.25) is 14.8 Å². The predicted octanol–water partition coefficient (Wildman–Crippen LogP) is 3.16. The van der Waals surface area contributed by atoms with E-state index in [9.17, 15) is 9.18 Å². The van der Waals surface area contributed by atoms with E-state index in [1.54, 1.807) is 12.1 Å². The van der Waals surface area contributed by atoms with Crippen LogP contribution in [0.3, 0.4) is 0 Å². The van der Waals surface area contributed by atoms with Crippen LogP contribution in [-0.4, -0.2) is 62.8 Å². The Morgan fingerprint density at radius 1 is 1.33 bits per heavy atom. The molecular weight excluding hydrogens is 389 g/mol. The molecule has 0 unspecified atom stereocenters. The van der Waals surface area contributed by atoms with E-state index >= 15 is 0 Å². The van der Waals surface area contributed by atoms with E-state index in [1.807, 2.05) is 18.7 Å². The second kappa shape index (κ2) is 9.03. The Hall–Kier alpha value is -1.64. The van der Waals surface area contributed by atoms with Gasteiger partial charge < -0.3 is 4.90 Å². The van der Waals surface area contributed by atoms with Crippen LogP contribution < -0.4 is 0 Å². The fraction of sp³-hybridized carbons (Fsp3) is 0.500. The Labute approximate surface area is 167 Å². The van der Waals surface area contributed by atoms with Crippen LogP contribution in [0.4, 0.5) is 4.39 Å². The fourth-order valence-electron chi connectivity index (χ4n) is 2.86. The van der Waals surface area contributed by atoms with Crippen molar-refractivity contribution in [2.45, 2.75) is 31.5 Å². The van der Waals surface area contributed by atoms with E-state index in [0.717, 1.165) is 5.82 Å². The number of thioether (sulfide) groups is 1. The Kier molecular flexibility index (Phi) is 6.73. The summed E-state index contributed by atoms with van der Waals surface area (Å²) in [5.74, 6) is 1.20. The van der Waals surface area contributed by atoms with Gasteiger partial charge in [-0.2, -0.15) is 0 Å². The third-order valence-electron chi connectivity index (χ3n) is 4.52. The molecule has 1 amide bonds. The first-order valence-electron chi connectivity index (χ1n) is 8.92. The number of hydrogen-bond acceptors (Lipinski definition) is 5. The molecule has 0 spiro atoms. The van der Waals surface area contributed by atoms with Crippen LogP contribution in [-0.2, 0) is 11.3 Å². The molecule has 1 aromatic heterocycles. The molecule has 0 aliphatic carbocycles. The van der Waals surface area contributed by atoms with E-state index in [0.29, 0.717) is 54.2 Å². The molecule has 3 rings (SSSR count). The number of aromatic amines is 1. The third kappa shape index (κ3) is 5.21. The number of piperazine rings is 1. The van der Waals surface area contributed by atoms with Gasteiger partial charge in [0, 0.05) is 49.2 Å². The van der Waals surface area contributed by atoms with Crippen molar-refractivity contribution in [2.24, 2.45) is 0 Å². The number of rotatable bonds is 6. The lowest BCUT2D eigenvalue weighted by molar-refractivity contribution is -0.130. The summed E-state index contributed by atoms with van der Waals surface area (Å²) in [6.07, 6.45) is 0. The summed E-state index contributed by atoms with van der Waals surface area (Å²) in [5, 5.41) is 8.06. The fourth-order valence-corrected chi connectivity index (χ4v) is 3.79. The van der Waals surface area contributed by atoms with Gasteiger partial charge in [0.15, 0.2) is 0 Å². The second-order valence-electron chi connectivity index (χ2n) is 6.80. The van der Waals surface area contributed by atoms with Crippen molar-refractivity contribution < 1.29 is 9.18 Å². The van der Waals surface area contributed by atoms with Crippen LogP contribution in [0.1, 0.15) is 31.2 Å². The minimum Gasteiger partial charge on any atom is -0.339 e. The summed E-state index contributed by atoms with van der Waals surface area (Å²) < 4.78 is 13.9. The van der Waals surface area contributed by atoms with E-state index in [4.69, 9.17) is 11.6 Å². The van der Waals surface area contributed by atoms with Crippen LogP contribution in [0.25, 0.3) is 0 Å². The van der Waals surface area contributed by atoms with Gasteiger partial charge in [-0.15, -0.1) is 5.10 Å². The lowest BCUT2D eigenvalue weighted by Gasteiger charge is -2.34. The summed E-state index contributed by atoms with van der Waals surface area (Å²) in [6, 6.07) is 4.73. The highest BCUT2D eigenvalue weighted by Gasteiger charge is 2.23. The molecular formula is C18H23ClFN5OS. The Bertz CT molecular complexity index is 772. The van der Waals surface area contributed by atoms with E-state index in [1.165, 1.54) is 17.8 Å². The van der Waals surface area contributed by atoms with Crippen LogP contribution >= 0.6 is 23.4 Å². The van der Waals surface area contributed by atoms with Gasteiger partial charge in [0.25, 0.3) is 0 Å². The molecule has 1 N–H and O–H groups in total. The first-order valence-corrected chi connectivity index (χ1v) is 10.3. The zero-order valence-corrected chi connectivity index (χ0v) is 17.0. The van der Waals surface area contributed by atoms with Crippen molar-refractivity contribution in [1.82, 2.24) is 25.0 Å². The van der Waals surface area contributed by atoms with Crippen molar-refractivity contribution in [3.05, 3.63) is 40.4 Å². The molecule has 1 aliphatic heterocycles. The number of nitrogens with one attached hydrogen (secondary N) is 1. The molecule has 1 saturated heterocycles. The average molecular weight is 412 g/mol.